The average Bonchev–Trinajstić information content (AvgIpc) is 2.89. The molecule has 0 saturated carbocycles. The highest BCUT2D eigenvalue weighted by atomic mass is 32.1. The highest BCUT2D eigenvalue weighted by Gasteiger charge is 2.29. The number of carbonyl (C=O) groups excluding carboxylic acids is 1. The number of phenolic OH excluding ortho intramolecular Hbond substituents is 1. The van der Waals surface area contributed by atoms with Gasteiger partial charge >= 0.3 is 0 Å². The van der Waals surface area contributed by atoms with Gasteiger partial charge in [-0.3, -0.25) is 19.8 Å². The van der Waals surface area contributed by atoms with Gasteiger partial charge in [0.25, 0.3) is 5.56 Å². The molecule has 4 rings (SSSR count). The molecule has 146 valence electrons. The van der Waals surface area contributed by atoms with Gasteiger partial charge in [0.1, 0.15) is 21.8 Å². The van der Waals surface area contributed by atoms with Crippen LogP contribution in [0.4, 0.5) is 0 Å². The van der Waals surface area contributed by atoms with Crippen LogP contribution in [0.3, 0.4) is 0 Å². The summed E-state index contributed by atoms with van der Waals surface area (Å²) < 4.78 is 1.77. The Bertz CT molecular complexity index is 1120. The smallest absolute Gasteiger partial charge is 0.276 e. The van der Waals surface area contributed by atoms with Crippen molar-refractivity contribution in [1.82, 2.24) is 24.6 Å². The summed E-state index contributed by atoms with van der Waals surface area (Å²) in [7, 11) is 0. The summed E-state index contributed by atoms with van der Waals surface area (Å²) in [5.41, 5.74) is 0.570. The van der Waals surface area contributed by atoms with Crippen LogP contribution >= 0.6 is 12.2 Å². The molecule has 1 aliphatic rings. The molecule has 1 aliphatic heterocycles. The van der Waals surface area contributed by atoms with Gasteiger partial charge < -0.3 is 14.6 Å². The van der Waals surface area contributed by atoms with E-state index in [0.717, 1.165) is 25.7 Å². The lowest BCUT2D eigenvalue weighted by atomic mass is 10.0. The number of H-pyrrole nitrogens is 2. The van der Waals surface area contributed by atoms with Gasteiger partial charge in [-0.1, -0.05) is 37.2 Å². The van der Waals surface area contributed by atoms with Gasteiger partial charge in [-0.25, -0.2) is 4.98 Å². The van der Waals surface area contributed by atoms with Crippen LogP contribution in [-0.4, -0.2) is 48.8 Å². The van der Waals surface area contributed by atoms with Gasteiger partial charge in [0.05, 0.1) is 6.33 Å². The molecule has 28 heavy (non-hydrogen) atoms. The molecule has 1 amide bonds. The van der Waals surface area contributed by atoms with Gasteiger partial charge in [0.15, 0.2) is 5.65 Å². The van der Waals surface area contributed by atoms with Crippen molar-refractivity contribution in [2.75, 3.05) is 13.1 Å². The van der Waals surface area contributed by atoms with Crippen molar-refractivity contribution in [2.45, 2.75) is 31.7 Å². The standard InChI is InChI=1S/C19H21N5O3S/c25-13-7-5-6-12(10-13)15(18(27)23-8-3-1-2-4-9-23)24-11-20-16-14(19(24)28)17(26)22-21-16/h5-7,10-11,15,25H,1-4,8-9H2,(H2,21,22,26). The van der Waals surface area contributed by atoms with Crippen molar-refractivity contribution in [2.24, 2.45) is 0 Å². The van der Waals surface area contributed by atoms with E-state index in [-0.39, 0.29) is 27.2 Å². The maximum Gasteiger partial charge on any atom is 0.276 e. The number of nitrogens with zero attached hydrogens (tertiary/aromatic N) is 3. The van der Waals surface area contributed by atoms with Crippen LogP contribution < -0.4 is 5.56 Å². The SMILES string of the molecule is O=C(C(c1cccc(O)c1)n1cnc2[nH][nH]c(=O)c2c1=S)N1CCCCCC1. The number of phenols is 1. The Labute approximate surface area is 165 Å². The lowest BCUT2D eigenvalue weighted by Gasteiger charge is -2.28. The minimum absolute atomic E-state index is 0.0613. The second-order valence-electron chi connectivity index (χ2n) is 7.00. The number of aromatic amines is 2. The molecule has 2 aromatic heterocycles. The van der Waals surface area contributed by atoms with E-state index >= 15 is 0 Å². The van der Waals surface area contributed by atoms with E-state index in [1.165, 1.54) is 6.33 Å². The van der Waals surface area contributed by atoms with E-state index < -0.39 is 6.04 Å². The minimum atomic E-state index is -0.802. The number of benzene rings is 1. The number of hydrogen-bond donors (Lipinski definition) is 3. The normalized spacial score (nSPS) is 16.1. The Balaban J connectivity index is 1.87. The molecule has 1 saturated heterocycles. The Morgan fingerprint density at radius 2 is 1.93 bits per heavy atom. The number of carbonyl (C=O) groups is 1. The van der Waals surface area contributed by atoms with Crippen molar-refractivity contribution >= 4 is 29.2 Å². The van der Waals surface area contributed by atoms with Crippen molar-refractivity contribution in [1.29, 1.82) is 0 Å². The van der Waals surface area contributed by atoms with Gasteiger partial charge in [-0.05, 0) is 30.5 Å². The Morgan fingerprint density at radius 3 is 2.64 bits per heavy atom. The number of aromatic hydroxyl groups is 1. The van der Waals surface area contributed by atoms with Crippen LogP contribution in [0.1, 0.15) is 37.3 Å². The first-order valence-electron chi connectivity index (χ1n) is 9.31. The van der Waals surface area contributed by atoms with E-state index in [9.17, 15) is 14.7 Å². The van der Waals surface area contributed by atoms with Gasteiger partial charge in [-0.2, -0.15) is 0 Å². The monoisotopic (exact) mass is 399 g/mol. The lowest BCUT2D eigenvalue weighted by Crippen LogP contribution is -2.38. The fourth-order valence-electron chi connectivity index (χ4n) is 3.71. The zero-order valence-corrected chi connectivity index (χ0v) is 16.0. The third-order valence-electron chi connectivity index (χ3n) is 5.13. The molecule has 0 spiro atoms. The quantitative estimate of drug-likeness (QED) is 0.587. The third kappa shape index (κ3) is 3.33. The Kier molecular flexibility index (Phi) is 4.99. The number of rotatable bonds is 3. The van der Waals surface area contributed by atoms with Gasteiger partial charge in [0.2, 0.25) is 5.91 Å². The van der Waals surface area contributed by atoms with E-state index in [1.54, 1.807) is 28.8 Å². The minimum Gasteiger partial charge on any atom is -0.508 e. The zero-order valence-electron chi connectivity index (χ0n) is 15.2. The maximum atomic E-state index is 13.5. The maximum absolute atomic E-state index is 13.5. The Morgan fingerprint density at radius 1 is 1.18 bits per heavy atom. The summed E-state index contributed by atoms with van der Waals surface area (Å²) in [4.78, 5) is 31.8. The molecule has 0 aliphatic carbocycles. The molecule has 3 N–H and O–H groups in total. The zero-order chi connectivity index (χ0) is 19.7. The summed E-state index contributed by atoms with van der Waals surface area (Å²) in [6.07, 6.45) is 5.59. The lowest BCUT2D eigenvalue weighted by molar-refractivity contribution is -0.133. The van der Waals surface area contributed by atoms with E-state index in [4.69, 9.17) is 12.2 Å². The topological polar surface area (TPSA) is 107 Å². The van der Waals surface area contributed by atoms with Crippen LogP contribution in [0.5, 0.6) is 5.75 Å². The first-order valence-corrected chi connectivity index (χ1v) is 9.72. The summed E-state index contributed by atoms with van der Waals surface area (Å²) >= 11 is 5.54. The van der Waals surface area contributed by atoms with E-state index in [2.05, 4.69) is 15.2 Å². The highest BCUT2D eigenvalue weighted by Crippen LogP contribution is 2.26. The van der Waals surface area contributed by atoms with Crippen molar-refractivity contribution in [3.8, 4) is 5.75 Å². The summed E-state index contributed by atoms with van der Waals surface area (Å²) in [5, 5.41) is 15.4. The summed E-state index contributed by atoms with van der Waals surface area (Å²) in [6.45, 7) is 1.36. The Hall–Kier alpha value is -2.94. The molecule has 1 atom stereocenters. The second-order valence-corrected chi connectivity index (χ2v) is 7.38. The number of likely N-dealkylation sites (tertiary alicyclic amines) is 1. The molecule has 0 radical (unpaired) electrons. The molecule has 1 unspecified atom stereocenters. The molecule has 1 aromatic carbocycles. The van der Waals surface area contributed by atoms with Crippen LogP contribution in [0.2, 0.25) is 0 Å². The van der Waals surface area contributed by atoms with Gasteiger partial charge in [-0.15, -0.1) is 0 Å². The second kappa shape index (κ2) is 7.59. The average molecular weight is 399 g/mol. The first kappa shape index (κ1) is 18.4. The van der Waals surface area contributed by atoms with Crippen molar-refractivity contribution in [3.05, 3.63) is 51.2 Å². The third-order valence-corrected chi connectivity index (χ3v) is 5.55. The number of aromatic nitrogens is 4. The van der Waals surface area contributed by atoms with Crippen molar-refractivity contribution in [3.63, 3.8) is 0 Å². The number of nitrogens with one attached hydrogen (secondary N) is 2. The van der Waals surface area contributed by atoms with Crippen LogP contribution in [0, 0.1) is 4.64 Å². The molecule has 3 heterocycles. The molecular formula is C19H21N5O3S. The van der Waals surface area contributed by atoms with Crippen LogP contribution in [-0.2, 0) is 4.79 Å². The van der Waals surface area contributed by atoms with Gasteiger partial charge in [0, 0.05) is 13.1 Å². The fraction of sp³-hybridized carbons (Fsp3) is 0.368. The van der Waals surface area contributed by atoms with E-state index in [0.29, 0.717) is 24.3 Å². The molecule has 8 nitrogen and oxygen atoms in total. The molecule has 1 fully saturated rings. The summed E-state index contributed by atoms with van der Waals surface area (Å²) in [5.74, 6) is -0.0528. The number of fused-ring (bicyclic) bond motifs is 1. The summed E-state index contributed by atoms with van der Waals surface area (Å²) in [6, 6.07) is 5.76. The number of amides is 1. The molecular weight excluding hydrogens is 378 g/mol. The molecule has 0 bridgehead atoms. The molecule has 9 heteroatoms. The van der Waals surface area contributed by atoms with E-state index in [1.807, 2.05) is 4.90 Å². The highest BCUT2D eigenvalue weighted by molar-refractivity contribution is 7.71. The number of hydrogen-bond acceptors (Lipinski definition) is 5. The predicted octanol–water partition coefficient (Wildman–Crippen LogP) is 2.48. The largest absolute Gasteiger partial charge is 0.508 e. The van der Waals surface area contributed by atoms with Crippen LogP contribution in [0.25, 0.3) is 11.0 Å². The molecule has 3 aromatic rings. The van der Waals surface area contributed by atoms with Crippen LogP contribution in [0.15, 0.2) is 35.4 Å². The first-order chi connectivity index (χ1) is 13.6. The fourth-order valence-corrected chi connectivity index (χ4v) is 4.05. The van der Waals surface area contributed by atoms with Crippen molar-refractivity contribution < 1.29 is 9.90 Å². The predicted molar refractivity (Wildman–Crippen MR) is 107 cm³/mol.